The average Bonchev–Trinajstić information content (AvgIpc) is 4.11. The summed E-state index contributed by atoms with van der Waals surface area (Å²) in [6.45, 7) is 0.0287. The quantitative estimate of drug-likeness (QED) is 0.0337. The lowest BCUT2D eigenvalue weighted by molar-refractivity contribution is -0.384. The molecule has 1 aromatic heterocycles. The second-order valence-electron chi connectivity index (χ2n) is 19.2. The maximum Gasteiger partial charge on any atom is 0.421 e. The first-order chi connectivity index (χ1) is 38.9. The van der Waals surface area contributed by atoms with Gasteiger partial charge in [0.15, 0.2) is 5.92 Å². The van der Waals surface area contributed by atoms with E-state index in [9.17, 15) is 24.8 Å². The van der Waals surface area contributed by atoms with Crippen LogP contribution in [0, 0.1) is 33.8 Å². The molecule has 0 unspecified atom stereocenters. The van der Waals surface area contributed by atoms with Crippen molar-refractivity contribution < 1.29 is 62.5 Å². The van der Waals surface area contributed by atoms with Crippen LogP contribution in [0.4, 0.5) is 22.1 Å². The first-order valence-electron chi connectivity index (χ1n) is 25.6. The predicted molar refractivity (Wildman–Crippen MR) is 284 cm³/mol. The molecular formula is C59H53N7O14. The summed E-state index contributed by atoms with van der Waals surface area (Å²) >= 11 is 0. The molecule has 6 aromatic rings. The fourth-order valence-electron chi connectivity index (χ4n) is 11.4. The first kappa shape index (κ1) is 53.9. The highest BCUT2D eigenvalue weighted by atomic mass is 16.6. The van der Waals surface area contributed by atoms with Crippen LogP contribution in [0.1, 0.15) is 58.0 Å². The number of imide groups is 1. The number of nitro groups is 1. The lowest BCUT2D eigenvalue weighted by Crippen LogP contribution is -2.59. The SMILES string of the molecule is COC(=O)C(CC#Cc1ccc2c(c1)[C@]1(C(=O)N2C(=O)OCc2ccc([N+](=O)[O-])cc2)[C@H](c2ccc(OCCO)cc2)N2[C@H](c3ccccc3)[C@H](c3ccccc3)OC(=O)[C@H]2[C@@H]1C(=O)N1CCN(c2ncccn2)CC1)C(=O)OC. The van der Waals surface area contributed by atoms with Gasteiger partial charge in [0, 0.05) is 62.7 Å². The van der Waals surface area contributed by atoms with E-state index >= 15 is 19.2 Å². The largest absolute Gasteiger partial charge is 0.491 e. The third-order valence-corrected chi connectivity index (χ3v) is 14.9. The smallest absolute Gasteiger partial charge is 0.421 e. The first-order valence-corrected chi connectivity index (χ1v) is 25.6. The number of nitrogens with zero attached hydrogens (tertiary/aromatic N) is 7. The van der Waals surface area contributed by atoms with E-state index in [1.807, 2.05) is 70.5 Å². The molecule has 408 valence electrons. The minimum absolute atomic E-state index is 0.00271. The molecule has 0 radical (unpaired) electrons. The summed E-state index contributed by atoms with van der Waals surface area (Å²) in [5.41, 5.74) is -0.0106. The Morgan fingerprint density at radius 2 is 1.45 bits per heavy atom. The molecule has 0 bridgehead atoms. The summed E-state index contributed by atoms with van der Waals surface area (Å²) in [5, 5.41) is 21.2. The second kappa shape index (κ2) is 23.2. The molecule has 21 nitrogen and oxygen atoms in total. The number of carbonyl (C=O) groups excluding carboxylic acids is 6. The van der Waals surface area contributed by atoms with Gasteiger partial charge < -0.3 is 38.6 Å². The van der Waals surface area contributed by atoms with Crippen molar-refractivity contribution in [3.8, 4) is 17.6 Å². The van der Waals surface area contributed by atoms with E-state index in [0.29, 0.717) is 34.0 Å². The fourth-order valence-corrected chi connectivity index (χ4v) is 11.4. The molecule has 1 spiro atoms. The number of esters is 3. The summed E-state index contributed by atoms with van der Waals surface area (Å²) < 4.78 is 28.1. The van der Waals surface area contributed by atoms with Gasteiger partial charge in [-0.3, -0.25) is 39.0 Å². The van der Waals surface area contributed by atoms with Crippen LogP contribution >= 0.6 is 0 Å². The summed E-state index contributed by atoms with van der Waals surface area (Å²) in [5.74, 6) is -0.438. The van der Waals surface area contributed by atoms with Crippen molar-refractivity contribution in [2.24, 2.45) is 11.8 Å². The number of anilines is 2. The number of ether oxygens (including phenoxy) is 5. The molecule has 21 heteroatoms. The van der Waals surface area contributed by atoms with E-state index < -0.39 is 88.8 Å². The van der Waals surface area contributed by atoms with Gasteiger partial charge in [-0.15, -0.1) is 0 Å². The zero-order chi connectivity index (χ0) is 56.1. The lowest BCUT2D eigenvalue weighted by atomic mass is 9.65. The Kier molecular flexibility index (Phi) is 15.6. The highest BCUT2D eigenvalue weighted by molar-refractivity contribution is 6.23. The van der Waals surface area contributed by atoms with E-state index in [-0.39, 0.29) is 68.3 Å². The molecule has 1 N–H and O–H groups in total. The van der Waals surface area contributed by atoms with E-state index in [2.05, 4.69) is 21.8 Å². The number of amides is 3. The highest BCUT2D eigenvalue weighted by Crippen LogP contribution is 2.66. The van der Waals surface area contributed by atoms with Crippen LogP contribution in [0.3, 0.4) is 0 Å². The Hall–Kier alpha value is -9.52. The van der Waals surface area contributed by atoms with Crippen molar-refractivity contribution in [3.63, 3.8) is 0 Å². The number of carbonyl (C=O) groups is 6. The number of benzene rings is 5. The molecule has 4 aliphatic rings. The van der Waals surface area contributed by atoms with E-state index in [0.717, 1.165) is 19.1 Å². The summed E-state index contributed by atoms with van der Waals surface area (Å²) in [4.78, 5) is 116. The number of nitro benzene ring substituents is 1. The second-order valence-corrected chi connectivity index (χ2v) is 19.2. The number of aliphatic hydroxyl groups excluding tert-OH is 1. The van der Waals surface area contributed by atoms with Crippen LogP contribution < -0.4 is 14.5 Å². The van der Waals surface area contributed by atoms with E-state index in [1.54, 1.807) is 53.7 Å². The number of morpholine rings is 1. The number of aliphatic hydroxyl groups is 1. The van der Waals surface area contributed by atoms with Gasteiger partial charge in [-0.05, 0) is 76.3 Å². The zero-order valence-corrected chi connectivity index (χ0v) is 43.4. The minimum atomic E-state index is -2.23. The van der Waals surface area contributed by atoms with Crippen LogP contribution in [0.5, 0.6) is 5.75 Å². The van der Waals surface area contributed by atoms with Gasteiger partial charge >= 0.3 is 24.0 Å². The Bertz CT molecular complexity index is 3360. The van der Waals surface area contributed by atoms with Crippen molar-refractivity contribution in [2.75, 3.05) is 63.4 Å². The number of rotatable bonds is 14. The number of cyclic esters (lactones) is 1. The topological polar surface area (TPSA) is 251 Å². The number of hydrogen-bond donors (Lipinski definition) is 1. The van der Waals surface area contributed by atoms with Gasteiger partial charge in [-0.2, -0.15) is 0 Å². The third-order valence-electron chi connectivity index (χ3n) is 14.9. The van der Waals surface area contributed by atoms with Crippen molar-refractivity contribution >= 4 is 53.1 Å². The Morgan fingerprint density at radius 3 is 2.08 bits per heavy atom. The molecule has 3 saturated heterocycles. The van der Waals surface area contributed by atoms with Gasteiger partial charge in [0.05, 0.1) is 49.4 Å². The van der Waals surface area contributed by atoms with Crippen molar-refractivity contribution in [3.05, 3.63) is 189 Å². The number of non-ortho nitro benzene ring substituents is 1. The van der Waals surface area contributed by atoms with Crippen LogP contribution in [0.25, 0.3) is 0 Å². The summed E-state index contributed by atoms with van der Waals surface area (Å²) in [6, 6.07) is 33.0. The summed E-state index contributed by atoms with van der Waals surface area (Å²) in [6.07, 6.45) is 0.712. The minimum Gasteiger partial charge on any atom is -0.491 e. The highest BCUT2D eigenvalue weighted by Gasteiger charge is 2.76. The third kappa shape index (κ3) is 10.0. The van der Waals surface area contributed by atoms with Crippen LogP contribution in [-0.2, 0) is 54.9 Å². The molecule has 3 amide bonds. The molecule has 80 heavy (non-hydrogen) atoms. The van der Waals surface area contributed by atoms with Gasteiger partial charge in [-0.25, -0.2) is 19.7 Å². The number of fused-ring (bicyclic) bond motifs is 3. The number of hydrogen-bond acceptors (Lipinski definition) is 18. The van der Waals surface area contributed by atoms with Crippen LogP contribution in [0.15, 0.2) is 146 Å². The van der Waals surface area contributed by atoms with Gasteiger partial charge in [0.25, 0.3) is 5.69 Å². The number of piperazine rings is 1. The molecular weight excluding hydrogens is 1030 g/mol. The number of methoxy groups -OCH3 is 2. The lowest BCUT2D eigenvalue weighted by Gasteiger charge is -2.46. The summed E-state index contributed by atoms with van der Waals surface area (Å²) in [7, 11) is 2.25. The molecule has 5 heterocycles. The molecule has 5 aromatic carbocycles. The van der Waals surface area contributed by atoms with Crippen LogP contribution in [0.2, 0.25) is 0 Å². The molecule has 0 saturated carbocycles. The molecule has 10 rings (SSSR count). The maximum atomic E-state index is 16.8. The standard InChI is InChI=1S/C59H53N7O14/c1-76-53(69)44(54(70)77-2)16-9-11-37-19-26-46-45(35-37)59(56(72)64(46)58(73)79-36-38-17-22-42(23-18-38)66(74)75)47(52(68)62-29-31-63(32-30-62)57-60-27-10-28-61-57)49-55(71)80-50(40-14-7-4-8-15-40)48(39-12-5-3-6-13-39)65(49)51(59)41-20-24-43(25-21-41)78-34-33-67/h3-8,10,12-15,17-28,35,44,47-51,67H,16,29-34,36H2,1-2H3/t47-,48-,49-,50+,51+,59-/m1/s1. The Balaban J connectivity index is 1.21. The van der Waals surface area contributed by atoms with Crippen molar-refractivity contribution in [2.45, 2.75) is 42.7 Å². The van der Waals surface area contributed by atoms with E-state index in [4.69, 9.17) is 23.7 Å². The Morgan fingerprint density at radius 1 is 0.800 bits per heavy atom. The fraction of sp³-hybridized carbons (Fsp3) is 0.288. The maximum absolute atomic E-state index is 16.8. The van der Waals surface area contributed by atoms with E-state index in [1.165, 1.54) is 36.4 Å². The van der Waals surface area contributed by atoms with Crippen molar-refractivity contribution in [1.82, 2.24) is 19.8 Å². The average molecular weight is 1080 g/mol. The number of aromatic nitrogens is 2. The van der Waals surface area contributed by atoms with Crippen LogP contribution in [-0.4, -0.2) is 125 Å². The Labute approximate surface area is 458 Å². The van der Waals surface area contributed by atoms with Gasteiger partial charge in [-0.1, -0.05) is 84.6 Å². The zero-order valence-electron chi connectivity index (χ0n) is 43.4. The molecule has 6 atom stereocenters. The monoisotopic (exact) mass is 1080 g/mol. The predicted octanol–water partition coefficient (Wildman–Crippen LogP) is 5.81. The normalized spacial score (nSPS) is 21.2. The van der Waals surface area contributed by atoms with Crippen molar-refractivity contribution in [1.29, 1.82) is 0 Å². The molecule has 3 fully saturated rings. The molecule has 4 aliphatic heterocycles. The van der Waals surface area contributed by atoms with Gasteiger partial charge in [0.2, 0.25) is 17.8 Å². The van der Waals surface area contributed by atoms with Gasteiger partial charge in [0.1, 0.15) is 36.5 Å². The molecule has 0 aliphatic carbocycles.